The molecule has 6 nitrogen and oxygen atoms in total. The third-order valence-corrected chi connectivity index (χ3v) is 6.14. The Hall–Kier alpha value is -2.54. The Labute approximate surface area is 177 Å². The summed E-state index contributed by atoms with van der Waals surface area (Å²) in [6.45, 7) is 7.59. The predicted molar refractivity (Wildman–Crippen MR) is 114 cm³/mol. The summed E-state index contributed by atoms with van der Waals surface area (Å²) in [6.07, 6.45) is -0.265. The van der Waals surface area contributed by atoms with E-state index in [9.17, 15) is 14.7 Å². The number of amides is 1. The van der Waals surface area contributed by atoms with Crippen molar-refractivity contribution in [3.63, 3.8) is 0 Å². The van der Waals surface area contributed by atoms with Gasteiger partial charge < -0.3 is 14.7 Å². The maximum absolute atomic E-state index is 13.3. The van der Waals surface area contributed by atoms with Gasteiger partial charge in [-0.05, 0) is 17.5 Å². The van der Waals surface area contributed by atoms with Crippen molar-refractivity contribution in [3.05, 3.63) is 65.2 Å². The van der Waals surface area contributed by atoms with Crippen LogP contribution < -0.4 is 9.80 Å². The molecule has 2 heterocycles. The zero-order chi connectivity index (χ0) is 21.3. The molecule has 1 amide bonds. The van der Waals surface area contributed by atoms with E-state index in [-0.39, 0.29) is 12.2 Å². The zero-order valence-corrected chi connectivity index (χ0v) is 17.6. The summed E-state index contributed by atoms with van der Waals surface area (Å²) in [6, 6.07) is 14.7. The monoisotopic (exact) mass is 409 g/mol. The number of anilines is 1. The van der Waals surface area contributed by atoms with Crippen LogP contribution in [0.1, 0.15) is 47.7 Å². The van der Waals surface area contributed by atoms with Gasteiger partial charge in [0.25, 0.3) is 5.91 Å². The minimum Gasteiger partial charge on any atom is -0.375 e. The number of carbonyl (C=O) groups excluding carboxylic acids is 2. The third-order valence-electron chi connectivity index (χ3n) is 6.14. The van der Waals surface area contributed by atoms with Gasteiger partial charge in [0.2, 0.25) is 0 Å². The number of para-hydroxylation sites is 1. The first-order chi connectivity index (χ1) is 14.4. The van der Waals surface area contributed by atoms with Crippen molar-refractivity contribution in [3.8, 4) is 0 Å². The topological polar surface area (TPSA) is 71.3 Å². The smallest absolute Gasteiger partial charge is 0.268 e. The molecule has 1 atom stereocenters. The second kappa shape index (κ2) is 8.30. The molecule has 0 aliphatic carbocycles. The van der Waals surface area contributed by atoms with E-state index in [0.29, 0.717) is 42.6 Å². The number of hydrogen-bond acceptors (Lipinski definition) is 4. The van der Waals surface area contributed by atoms with Gasteiger partial charge in [0.05, 0.1) is 25.3 Å². The van der Waals surface area contributed by atoms with Crippen LogP contribution in [0.4, 0.5) is 5.69 Å². The summed E-state index contributed by atoms with van der Waals surface area (Å²) in [5.74, 6) is -0.288. The number of nitrogens with one attached hydrogen (secondary N) is 1. The van der Waals surface area contributed by atoms with Crippen LogP contribution in [0, 0.1) is 0 Å². The van der Waals surface area contributed by atoms with E-state index < -0.39 is 11.5 Å². The molecule has 0 radical (unpaired) electrons. The number of rotatable bonds is 6. The number of nitrogens with zero attached hydrogens (tertiary/aromatic N) is 1. The lowest BCUT2D eigenvalue weighted by Gasteiger charge is -2.29. The molecule has 1 saturated heterocycles. The van der Waals surface area contributed by atoms with Crippen molar-refractivity contribution in [2.45, 2.75) is 31.8 Å². The molecule has 0 bridgehead atoms. The molecule has 30 heavy (non-hydrogen) atoms. The number of benzene rings is 2. The Morgan fingerprint density at radius 2 is 1.80 bits per heavy atom. The molecule has 4 rings (SSSR count). The van der Waals surface area contributed by atoms with Crippen molar-refractivity contribution in [1.82, 2.24) is 0 Å². The summed E-state index contributed by atoms with van der Waals surface area (Å²) >= 11 is 0. The summed E-state index contributed by atoms with van der Waals surface area (Å²) in [5.41, 5.74) is 1.01. The highest BCUT2D eigenvalue weighted by molar-refractivity contribution is 6.10. The van der Waals surface area contributed by atoms with Crippen LogP contribution in [0.15, 0.2) is 48.5 Å². The summed E-state index contributed by atoms with van der Waals surface area (Å²) < 4.78 is 5.41. The van der Waals surface area contributed by atoms with Gasteiger partial charge in [0, 0.05) is 11.1 Å². The van der Waals surface area contributed by atoms with E-state index in [1.54, 1.807) is 29.2 Å². The first-order valence-corrected chi connectivity index (χ1v) is 10.6. The first kappa shape index (κ1) is 20.7. The van der Waals surface area contributed by atoms with Gasteiger partial charge in [-0.3, -0.25) is 14.5 Å². The lowest BCUT2D eigenvalue weighted by molar-refractivity contribution is -0.906. The summed E-state index contributed by atoms with van der Waals surface area (Å²) in [7, 11) is 0. The van der Waals surface area contributed by atoms with Gasteiger partial charge in [-0.2, -0.15) is 0 Å². The maximum Gasteiger partial charge on any atom is 0.268 e. The summed E-state index contributed by atoms with van der Waals surface area (Å²) in [4.78, 5) is 29.2. The van der Waals surface area contributed by atoms with Crippen LogP contribution in [0.2, 0.25) is 0 Å². The molecule has 158 valence electrons. The highest BCUT2D eigenvalue weighted by Crippen LogP contribution is 2.42. The number of hydrogen-bond donors (Lipinski definition) is 2. The number of ketones is 1. The van der Waals surface area contributed by atoms with E-state index in [1.807, 2.05) is 24.3 Å². The highest BCUT2D eigenvalue weighted by Gasteiger charge is 2.51. The molecule has 2 aliphatic heterocycles. The standard InChI is InChI=1S/C24H28N2O4/c1-17(2)18-7-9-19(10-8-18)22(27)15-24(29)20-5-3-4-6-21(20)26(23(24)28)16-25-11-13-30-14-12-25/h3-10,17,29H,11-16H2,1-2H3/p+1/t24-/m0/s1. The van der Waals surface area contributed by atoms with Crippen molar-refractivity contribution in [2.24, 2.45) is 0 Å². The van der Waals surface area contributed by atoms with E-state index in [2.05, 4.69) is 13.8 Å². The predicted octanol–water partition coefficient (Wildman–Crippen LogP) is 1.49. The Morgan fingerprint density at radius 1 is 1.13 bits per heavy atom. The number of Topliss-reactive ketones (excluding diaryl/α,β-unsaturated/α-hetero) is 1. The highest BCUT2D eigenvalue weighted by atomic mass is 16.5. The fourth-order valence-electron chi connectivity index (χ4n) is 4.26. The number of ether oxygens (including phenoxy) is 1. The van der Waals surface area contributed by atoms with Crippen LogP contribution in [-0.2, 0) is 15.1 Å². The quantitative estimate of drug-likeness (QED) is 0.710. The maximum atomic E-state index is 13.3. The van der Waals surface area contributed by atoms with Gasteiger partial charge in [-0.1, -0.05) is 56.3 Å². The molecule has 2 aromatic carbocycles. The molecule has 2 aliphatic rings. The second-order valence-electron chi connectivity index (χ2n) is 8.51. The zero-order valence-electron chi connectivity index (χ0n) is 17.6. The van der Waals surface area contributed by atoms with Crippen molar-refractivity contribution < 1.29 is 24.3 Å². The van der Waals surface area contributed by atoms with Crippen LogP contribution in [-0.4, -0.2) is 49.8 Å². The normalized spacial score (nSPS) is 21.9. The van der Waals surface area contributed by atoms with Crippen molar-refractivity contribution >= 4 is 17.4 Å². The van der Waals surface area contributed by atoms with Crippen LogP contribution in [0.5, 0.6) is 0 Å². The Kier molecular flexibility index (Phi) is 5.73. The number of carbonyl (C=O) groups is 2. The second-order valence-corrected chi connectivity index (χ2v) is 8.51. The molecule has 0 unspecified atom stereocenters. The van der Waals surface area contributed by atoms with E-state index >= 15 is 0 Å². The lowest BCUT2D eigenvalue weighted by Crippen LogP contribution is -3.15. The van der Waals surface area contributed by atoms with Gasteiger partial charge in [-0.25, -0.2) is 0 Å². The van der Waals surface area contributed by atoms with Gasteiger partial charge in [0.1, 0.15) is 13.1 Å². The van der Waals surface area contributed by atoms with E-state index in [1.165, 1.54) is 4.90 Å². The van der Waals surface area contributed by atoms with Crippen LogP contribution in [0.25, 0.3) is 0 Å². The fraction of sp³-hybridized carbons (Fsp3) is 0.417. The average molecular weight is 410 g/mol. The van der Waals surface area contributed by atoms with Crippen molar-refractivity contribution in [1.29, 1.82) is 0 Å². The lowest BCUT2D eigenvalue weighted by atomic mass is 9.87. The summed E-state index contributed by atoms with van der Waals surface area (Å²) in [5, 5.41) is 11.4. The number of aliphatic hydroxyl groups is 1. The van der Waals surface area contributed by atoms with Crippen LogP contribution in [0.3, 0.4) is 0 Å². The van der Waals surface area contributed by atoms with Gasteiger partial charge >= 0.3 is 0 Å². The Balaban J connectivity index is 1.58. The SMILES string of the molecule is CC(C)c1ccc(C(=O)C[C@@]2(O)C(=O)N(C[NH+]3CCOCC3)c3ccccc32)cc1. The van der Waals surface area contributed by atoms with E-state index in [0.717, 1.165) is 18.7 Å². The molecule has 0 spiro atoms. The van der Waals surface area contributed by atoms with Crippen LogP contribution >= 0.6 is 0 Å². The average Bonchev–Trinajstić information content (AvgIpc) is 2.96. The van der Waals surface area contributed by atoms with Crippen molar-refractivity contribution in [2.75, 3.05) is 37.9 Å². The van der Waals surface area contributed by atoms with Gasteiger partial charge in [0.15, 0.2) is 18.1 Å². The minimum absolute atomic E-state index is 0.239. The molecule has 6 heteroatoms. The van der Waals surface area contributed by atoms with E-state index in [4.69, 9.17) is 4.74 Å². The molecule has 2 N–H and O–H groups in total. The number of quaternary nitrogens is 1. The Bertz CT molecular complexity index is 934. The molecule has 0 aromatic heterocycles. The molecule has 0 saturated carbocycles. The molecular weight excluding hydrogens is 380 g/mol. The van der Waals surface area contributed by atoms with Gasteiger partial charge in [-0.15, -0.1) is 0 Å². The third kappa shape index (κ3) is 3.78. The molecular formula is C24H29N2O4+. The molecule has 1 fully saturated rings. The number of morpholine rings is 1. The fourth-order valence-corrected chi connectivity index (χ4v) is 4.26. The Morgan fingerprint density at radius 3 is 2.47 bits per heavy atom. The number of fused-ring (bicyclic) bond motifs is 1. The first-order valence-electron chi connectivity index (χ1n) is 10.6. The minimum atomic E-state index is -1.84. The largest absolute Gasteiger partial charge is 0.375 e. The molecule has 2 aromatic rings.